The molecule has 0 aromatic heterocycles. The lowest BCUT2D eigenvalue weighted by atomic mass is 10.2. The number of nitrogens with zero attached hydrogens (tertiary/aromatic N) is 2. The van der Waals surface area contributed by atoms with Gasteiger partial charge in [-0.1, -0.05) is 31.1 Å². The van der Waals surface area contributed by atoms with Gasteiger partial charge in [0.15, 0.2) is 15.7 Å². The third-order valence-electron chi connectivity index (χ3n) is 3.26. The lowest BCUT2D eigenvalue weighted by Crippen LogP contribution is -2.30. The van der Waals surface area contributed by atoms with Crippen LogP contribution >= 0.6 is 0 Å². The minimum absolute atomic E-state index is 0.0560. The molecule has 1 aromatic rings. The monoisotopic (exact) mass is 313 g/mol. The van der Waals surface area contributed by atoms with Gasteiger partial charge in [-0.05, 0) is 31.6 Å². The number of amidine groups is 1. The van der Waals surface area contributed by atoms with E-state index in [9.17, 15) is 8.42 Å². The normalized spacial score (nSPS) is 12.8. The van der Waals surface area contributed by atoms with Gasteiger partial charge in [0, 0.05) is 12.1 Å². The van der Waals surface area contributed by atoms with Gasteiger partial charge in [0.05, 0.1) is 10.6 Å². The number of sulfone groups is 1. The molecule has 0 aliphatic heterocycles. The van der Waals surface area contributed by atoms with Crippen LogP contribution in [0.3, 0.4) is 0 Å². The molecule has 118 valence electrons. The number of rotatable bonds is 8. The lowest BCUT2D eigenvalue weighted by Gasteiger charge is -2.19. The van der Waals surface area contributed by atoms with Gasteiger partial charge >= 0.3 is 0 Å². The second-order valence-corrected chi connectivity index (χ2v) is 6.88. The molecule has 21 heavy (non-hydrogen) atoms. The van der Waals surface area contributed by atoms with Crippen LogP contribution in [0.1, 0.15) is 25.8 Å². The molecule has 0 atom stereocenters. The van der Waals surface area contributed by atoms with Gasteiger partial charge in [-0.3, -0.25) is 0 Å². The van der Waals surface area contributed by atoms with Crippen LogP contribution in [-0.4, -0.2) is 49.7 Å². The number of hydrogen-bond donors (Lipinski definition) is 2. The molecule has 0 spiro atoms. The molecule has 0 saturated carbocycles. The summed E-state index contributed by atoms with van der Waals surface area (Å²) in [5, 5.41) is 11.5. The molecule has 1 rings (SSSR count). The minimum atomic E-state index is -3.38. The maximum atomic E-state index is 12.4. The fraction of sp³-hybridized carbons (Fsp3) is 0.500. The largest absolute Gasteiger partial charge is 0.409 e. The Hall–Kier alpha value is -1.60. The zero-order chi connectivity index (χ0) is 15.9. The lowest BCUT2D eigenvalue weighted by molar-refractivity contribution is 0.305. The first-order valence-electron chi connectivity index (χ1n) is 6.97. The first-order chi connectivity index (χ1) is 9.94. The van der Waals surface area contributed by atoms with E-state index in [1.165, 1.54) is 12.1 Å². The van der Waals surface area contributed by atoms with E-state index < -0.39 is 9.84 Å². The van der Waals surface area contributed by atoms with Crippen LogP contribution in [0, 0.1) is 0 Å². The molecule has 0 unspecified atom stereocenters. The Balaban J connectivity index is 2.88. The van der Waals surface area contributed by atoms with Crippen LogP contribution in [-0.2, 0) is 9.84 Å². The van der Waals surface area contributed by atoms with E-state index in [4.69, 9.17) is 10.9 Å². The fourth-order valence-electron chi connectivity index (χ4n) is 2.02. The highest BCUT2D eigenvalue weighted by atomic mass is 32.2. The number of nitrogens with two attached hydrogens (primary N) is 1. The van der Waals surface area contributed by atoms with E-state index >= 15 is 0 Å². The molecule has 3 N–H and O–H groups in total. The van der Waals surface area contributed by atoms with Gasteiger partial charge in [-0.25, -0.2) is 8.42 Å². The zero-order valence-corrected chi connectivity index (χ0v) is 13.3. The Bertz CT molecular complexity index is 585. The van der Waals surface area contributed by atoms with Crippen molar-refractivity contribution in [2.75, 3.05) is 25.4 Å². The first kappa shape index (κ1) is 17.5. The fourth-order valence-corrected chi connectivity index (χ4v) is 3.34. The summed E-state index contributed by atoms with van der Waals surface area (Å²) in [6, 6.07) is 6.15. The van der Waals surface area contributed by atoms with Crippen molar-refractivity contribution in [3.63, 3.8) is 0 Å². The van der Waals surface area contributed by atoms with Crippen molar-refractivity contribution in [3.05, 3.63) is 29.8 Å². The van der Waals surface area contributed by atoms with E-state index in [-0.39, 0.29) is 16.5 Å². The van der Waals surface area contributed by atoms with Gasteiger partial charge in [0.2, 0.25) is 0 Å². The topological polar surface area (TPSA) is 96.0 Å². The second kappa shape index (κ2) is 7.99. The van der Waals surface area contributed by atoms with Gasteiger partial charge in [-0.2, -0.15) is 0 Å². The van der Waals surface area contributed by atoms with Crippen LogP contribution in [0.4, 0.5) is 0 Å². The Morgan fingerprint density at radius 2 is 2.05 bits per heavy atom. The summed E-state index contributed by atoms with van der Waals surface area (Å²) in [6.45, 7) is 6.29. The average Bonchev–Trinajstić information content (AvgIpc) is 2.50. The summed E-state index contributed by atoms with van der Waals surface area (Å²) in [4.78, 5) is 2.30. The molecule has 0 fully saturated rings. The van der Waals surface area contributed by atoms with Crippen molar-refractivity contribution in [3.8, 4) is 0 Å². The Morgan fingerprint density at radius 1 is 1.33 bits per heavy atom. The van der Waals surface area contributed by atoms with Crippen LogP contribution in [0.2, 0.25) is 0 Å². The van der Waals surface area contributed by atoms with E-state index in [1.54, 1.807) is 12.1 Å². The molecule has 7 heteroatoms. The second-order valence-electron chi connectivity index (χ2n) is 4.77. The van der Waals surface area contributed by atoms with Gasteiger partial charge in [0.1, 0.15) is 0 Å². The highest BCUT2D eigenvalue weighted by Crippen LogP contribution is 2.14. The van der Waals surface area contributed by atoms with Gasteiger partial charge < -0.3 is 15.8 Å². The van der Waals surface area contributed by atoms with Gasteiger partial charge in [-0.15, -0.1) is 0 Å². The van der Waals surface area contributed by atoms with Crippen molar-refractivity contribution >= 4 is 15.7 Å². The van der Waals surface area contributed by atoms with Gasteiger partial charge in [0.25, 0.3) is 0 Å². The van der Waals surface area contributed by atoms with Crippen molar-refractivity contribution in [2.45, 2.75) is 25.2 Å². The quantitative estimate of drug-likeness (QED) is 0.326. The molecule has 0 saturated heterocycles. The van der Waals surface area contributed by atoms with Crippen molar-refractivity contribution < 1.29 is 13.6 Å². The molecule has 1 aromatic carbocycles. The third-order valence-corrected chi connectivity index (χ3v) is 4.95. The molecule has 0 aliphatic rings. The smallest absolute Gasteiger partial charge is 0.179 e. The molecule has 0 bridgehead atoms. The standard InChI is InChI=1S/C14H23N3O3S/c1-3-8-17(4-2)9-10-21(19,20)13-7-5-6-12(11-13)14(15)16-18/h5-7,11,18H,3-4,8-10H2,1-2H3,(H2,15,16). The third kappa shape index (κ3) is 5.02. The van der Waals surface area contributed by atoms with E-state index in [2.05, 4.69) is 17.0 Å². The molecular formula is C14H23N3O3S. The van der Waals surface area contributed by atoms with Crippen LogP contribution in [0.15, 0.2) is 34.3 Å². The minimum Gasteiger partial charge on any atom is -0.409 e. The maximum Gasteiger partial charge on any atom is 0.179 e. The van der Waals surface area contributed by atoms with E-state index in [1.807, 2.05) is 6.92 Å². The van der Waals surface area contributed by atoms with Crippen LogP contribution in [0.25, 0.3) is 0 Å². The highest BCUT2D eigenvalue weighted by Gasteiger charge is 2.17. The van der Waals surface area contributed by atoms with Crippen molar-refractivity contribution in [1.82, 2.24) is 4.90 Å². The predicted molar refractivity (Wildman–Crippen MR) is 83.4 cm³/mol. The summed E-state index contributed by atoms with van der Waals surface area (Å²) in [6.07, 6.45) is 0.993. The van der Waals surface area contributed by atoms with E-state index in [0.29, 0.717) is 12.1 Å². The molecule has 0 amide bonds. The van der Waals surface area contributed by atoms with Crippen LogP contribution < -0.4 is 5.73 Å². The summed E-state index contributed by atoms with van der Waals surface area (Å²) in [7, 11) is -3.38. The summed E-state index contributed by atoms with van der Waals surface area (Å²) in [5.74, 6) is -0.0475. The number of benzene rings is 1. The maximum absolute atomic E-state index is 12.4. The molecule has 6 nitrogen and oxygen atoms in total. The molecule has 0 aliphatic carbocycles. The summed E-state index contributed by atoms with van der Waals surface area (Å²) in [5.41, 5.74) is 5.88. The number of hydrogen-bond acceptors (Lipinski definition) is 5. The summed E-state index contributed by atoms with van der Waals surface area (Å²) >= 11 is 0. The molecule has 0 radical (unpaired) electrons. The first-order valence-corrected chi connectivity index (χ1v) is 8.62. The van der Waals surface area contributed by atoms with E-state index in [0.717, 1.165) is 19.5 Å². The predicted octanol–water partition coefficient (Wildman–Crippen LogP) is 1.29. The Kier molecular flexibility index (Phi) is 6.64. The summed E-state index contributed by atoms with van der Waals surface area (Å²) < 4.78 is 24.7. The van der Waals surface area contributed by atoms with Crippen molar-refractivity contribution in [2.24, 2.45) is 10.9 Å². The van der Waals surface area contributed by atoms with Crippen LogP contribution in [0.5, 0.6) is 0 Å². The average molecular weight is 313 g/mol. The van der Waals surface area contributed by atoms with Crippen molar-refractivity contribution in [1.29, 1.82) is 0 Å². The Morgan fingerprint density at radius 3 is 2.62 bits per heavy atom. The molecule has 0 heterocycles. The molecular weight excluding hydrogens is 290 g/mol. The highest BCUT2D eigenvalue weighted by molar-refractivity contribution is 7.91. The number of oxime groups is 1. The Labute approximate surface area is 126 Å². The zero-order valence-electron chi connectivity index (χ0n) is 12.5. The SMILES string of the molecule is CCCN(CC)CCS(=O)(=O)c1cccc(/C(N)=N/O)c1.